The number of rotatable bonds is 2. The Balaban J connectivity index is 2.86. The van der Waals surface area contributed by atoms with E-state index in [-0.39, 0.29) is 0 Å². The zero-order chi connectivity index (χ0) is 8.27. The molecule has 0 bridgehead atoms. The van der Waals surface area contributed by atoms with Gasteiger partial charge in [0.1, 0.15) is 5.75 Å². The molecule has 0 aromatic heterocycles. The molecule has 2 N–H and O–H groups in total. The topological polar surface area (TPSA) is 32.3 Å². The SMILES string of the molecule is CCNc1ccc(O)c(I)c1. The van der Waals surface area contributed by atoms with Crippen LogP contribution in [0.5, 0.6) is 5.75 Å². The number of aromatic hydroxyl groups is 1. The average Bonchev–Trinajstić information content (AvgIpc) is 1.98. The largest absolute Gasteiger partial charge is 0.507 e. The summed E-state index contributed by atoms with van der Waals surface area (Å²) in [7, 11) is 0. The fourth-order valence-electron chi connectivity index (χ4n) is 0.821. The van der Waals surface area contributed by atoms with Crippen molar-refractivity contribution in [2.75, 3.05) is 11.9 Å². The second-order valence-electron chi connectivity index (χ2n) is 2.20. The lowest BCUT2D eigenvalue weighted by molar-refractivity contribution is 0.471. The Hall–Kier alpha value is -0.450. The average molecular weight is 263 g/mol. The van der Waals surface area contributed by atoms with Crippen molar-refractivity contribution in [3.8, 4) is 5.75 Å². The molecule has 0 saturated heterocycles. The lowest BCUT2D eigenvalue weighted by Crippen LogP contribution is -1.95. The Labute approximate surface area is 79.8 Å². The van der Waals surface area contributed by atoms with Crippen LogP contribution in [0.4, 0.5) is 5.69 Å². The van der Waals surface area contributed by atoms with Crippen LogP contribution in [0.1, 0.15) is 6.92 Å². The first-order valence-electron chi connectivity index (χ1n) is 3.46. The number of halogens is 1. The standard InChI is InChI=1S/C8H10INO/c1-2-10-6-3-4-8(11)7(9)5-6/h3-5,10-11H,2H2,1H3. The number of hydrogen-bond acceptors (Lipinski definition) is 2. The lowest BCUT2D eigenvalue weighted by atomic mass is 10.3. The first-order valence-corrected chi connectivity index (χ1v) is 4.54. The van der Waals surface area contributed by atoms with Gasteiger partial charge in [-0.3, -0.25) is 0 Å². The fourth-order valence-corrected chi connectivity index (χ4v) is 1.34. The summed E-state index contributed by atoms with van der Waals surface area (Å²) in [5.74, 6) is 0.340. The van der Waals surface area contributed by atoms with E-state index in [0.717, 1.165) is 15.8 Å². The zero-order valence-electron chi connectivity index (χ0n) is 6.26. The number of phenolic OH excluding ortho intramolecular Hbond substituents is 1. The van der Waals surface area contributed by atoms with Crippen LogP contribution in [-0.4, -0.2) is 11.7 Å². The van der Waals surface area contributed by atoms with Crippen molar-refractivity contribution < 1.29 is 5.11 Å². The molecule has 0 aliphatic heterocycles. The molecule has 0 heterocycles. The predicted octanol–water partition coefficient (Wildman–Crippen LogP) is 2.43. The molecular weight excluding hydrogens is 253 g/mol. The second kappa shape index (κ2) is 3.80. The summed E-state index contributed by atoms with van der Waals surface area (Å²) in [5.41, 5.74) is 1.05. The van der Waals surface area contributed by atoms with E-state index in [2.05, 4.69) is 27.9 Å². The molecule has 0 aliphatic rings. The van der Waals surface area contributed by atoms with Crippen molar-refractivity contribution in [3.05, 3.63) is 21.8 Å². The van der Waals surface area contributed by atoms with E-state index in [1.54, 1.807) is 6.07 Å². The highest BCUT2D eigenvalue weighted by Crippen LogP contribution is 2.22. The summed E-state index contributed by atoms with van der Waals surface area (Å²) in [6.07, 6.45) is 0. The van der Waals surface area contributed by atoms with Crippen LogP contribution in [-0.2, 0) is 0 Å². The highest BCUT2D eigenvalue weighted by molar-refractivity contribution is 14.1. The van der Waals surface area contributed by atoms with Crippen LogP contribution < -0.4 is 5.32 Å². The summed E-state index contributed by atoms with van der Waals surface area (Å²) in [5, 5.41) is 12.3. The number of anilines is 1. The fraction of sp³-hybridized carbons (Fsp3) is 0.250. The van der Waals surface area contributed by atoms with Crippen molar-refractivity contribution in [1.82, 2.24) is 0 Å². The minimum Gasteiger partial charge on any atom is -0.507 e. The van der Waals surface area contributed by atoms with Gasteiger partial charge in [0, 0.05) is 12.2 Å². The minimum atomic E-state index is 0.340. The van der Waals surface area contributed by atoms with E-state index >= 15 is 0 Å². The maximum atomic E-state index is 9.18. The molecule has 0 amide bonds. The molecule has 0 unspecified atom stereocenters. The third-order valence-corrected chi connectivity index (χ3v) is 2.19. The molecular formula is C8H10INO. The van der Waals surface area contributed by atoms with Crippen molar-refractivity contribution in [2.45, 2.75) is 6.92 Å². The van der Waals surface area contributed by atoms with Gasteiger partial charge < -0.3 is 10.4 Å². The maximum absolute atomic E-state index is 9.18. The highest BCUT2D eigenvalue weighted by Gasteiger charge is 1.96. The minimum absolute atomic E-state index is 0.340. The number of phenols is 1. The summed E-state index contributed by atoms with van der Waals surface area (Å²) < 4.78 is 0.876. The Morgan fingerprint density at radius 2 is 2.27 bits per heavy atom. The summed E-state index contributed by atoms with van der Waals surface area (Å²) in [6, 6.07) is 5.47. The van der Waals surface area contributed by atoms with E-state index in [1.165, 1.54) is 0 Å². The van der Waals surface area contributed by atoms with Crippen LogP contribution >= 0.6 is 22.6 Å². The number of nitrogens with one attached hydrogen (secondary N) is 1. The molecule has 2 nitrogen and oxygen atoms in total. The van der Waals surface area contributed by atoms with Crippen molar-refractivity contribution in [3.63, 3.8) is 0 Å². The smallest absolute Gasteiger partial charge is 0.129 e. The number of hydrogen-bond donors (Lipinski definition) is 2. The molecule has 0 fully saturated rings. The summed E-state index contributed by atoms with van der Waals surface area (Å²) >= 11 is 2.10. The predicted molar refractivity (Wildman–Crippen MR) is 55.0 cm³/mol. The Morgan fingerprint density at radius 3 is 2.82 bits per heavy atom. The van der Waals surface area contributed by atoms with Crippen LogP contribution in [0.2, 0.25) is 0 Å². The van der Waals surface area contributed by atoms with Gasteiger partial charge in [-0.05, 0) is 47.7 Å². The van der Waals surface area contributed by atoms with Crippen LogP contribution in [0.3, 0.4) is 0 Å². The summed E-state index contributed by atoms with van der Waals surface area (Å²) in [4.78, 5) is 0. The van der Waals surface area contributed by atoms with E-state index in [1.807, 2.05) is 19.1 Å². The molecule has 1 rings (SSSR count). The van der Waals surface area contributed by atoms with Crippen LogP contribution in [0, 0.1) is 3.57 Å². The molecule has 60 valence electrons. The quantitative estimate of drug-likeness (QED) is 0.634. The third-order valence-electron chi connectivity index (χ3n) is 1.33. The molecule has 0 saturated carbocycles. The first-order chi connectivity index (χ1) is 5.24. The summed E-state index contributed by atoms with van der Waals surface area (Å²) in [6.45, 7) is 2.95. The van der Waals surface area contributed by atoms with Crippen LogP contribution in [0.25, 0.3) is 0 Å². The normalized spacial score (nSPS) is 9.64. The van der Waals surface area contributed by atoms with Gasteiger partial charge in [0.25, 0.3) is 0 Å². The molecule has 0 aliphatic carbocycles. The van der Waals surface area contributed by atoms with Gasteiger partial charge in [-0.15, -0.1) is 0 Å². The monoisotopic (exact) mass is 263 g/mol. The second-order valence-corrected chi connectivity index (χ2v) is 3.36. The van der Waals surface area contributed by atoms with Gasteiger partial charge in [-0.25, -0.2) is 0 Å². The Bertz CT molecular complexity index is 250. The van der Waals surface area contributed by atoms with Crippen molar-refractivity contribution in [1.29, 1.82) is 0 Å². The van der Waals surface area contributed by atoms with E-state index in [9.17, 15) is 5.11 Å². The molecule has 1 aromatic carbocycles. The van der Waals surface area contributed by atoms with Gasteiger partial charge in [0.2, 0.25) is 0 Å². The van der Waals surface area contributed by atoms with E-state index < -0.39 is 0 Å². The zero-order valence-corrected chi connectivity index (χ0v) is 8.42. The van der Waals surface area contributed by atoms with Crippen molar-refractivity contribution in [2.24, 2.45) is 0 Å². The van der Waals surface area contributed by atoms with E-state index in [0.29, 0.717) is 5.75 Å². The molecule has 0 atom stereocenters. The molecule has 0 spiro atoms. The molecule has 1 aromatic rings. The third kappa shape index (κ3) is 2.25. The van der Waals surface area contributed by atoms with Gasteiger partial charge in [-0.2, -0.15) is 0 Å². The van der Waals surface area contributed by atoms with Gasteiger partial charge in [0.05, 0.1) is 3.57 Å². The first kappa shape index (κ1) is 8.64. The Morgan fingerprint density at radius 1 is 1.55 bits per heavy atom. The highest BCUT2D eigenvalue weighted by atomic mass is 127. The molecule has 3 heteroatoms. The Kier molecular flexibility index (Phi) is 2.99. The maximum Gasteiger partial charge on any atom is 0.129 e. The van der Waals surface area contributed by atoms with Gasteiger partial charge >= 0.3 is 0 Å². The lowest BCUT2D eigenvalue weighted by Gasteiger charge is -2.03. The van der Waals surface area contributed by atoms with Crippen LogP contribution in [0.15, 0.2) is 18.2 Å². The van der Waals surface area contributed by atoms with E-state index in [4.69, 9.17) is 0 Å². The molecule has 0 radical (unpaired) electrons. The number of benzene rings is 1. The van der Waals surface area contributed by atoms with Gasteiger partial charge in [0.15, 0.2) is 0 Å². The molecule has 11 heavy (non-hydrogen) atoms. The van der Waals surface area contributed by atoms with Crippen molar-refractivity contribution >= 4 is 28.3 Å². The van der Waals surface area contributed by atoms with Gasteiger partial charge in [-0.1, -0.05) is 0 Å².